The third-order valence-corrected chi connectivity index (χ3v) is 2.11. The zero-order valence-corrected chi connectivity index (χ0v) is 8.97. The predicted octanol–water partition coefficient (Wildman–Crippen LogP) is 3.01. The Balaban J connectivity index is 2.18. The molecule has 0 amide bonds. The SMILES string of the molecule is CCOC(=O)/C=C/c1cc2ccccc2o1. The van der Waals surface area contributed by atoms with E-state index in [0.717, 1.165) is 11.0 Å². The van der Waals surface area contributed by atoms with Gasteiger partial charge in [-0.3, -0.25) is 0 Å². The molecule has 16 heavy (non-hydrogen) atoms. The highest BCUT2D eigenvalue weighted by molar-refractivity contribution is 5.88. The molecule has 3 nitrogen and oxygen atoms in total. The van der Waals surface area contributed by atoms with Crippen molar-refractivity contribution in [3.63, 3.8) is 0 Å². The fraction of sp³-hybridized carbons (Fsp3) is 0.154. The Hall–Kier alpha value is -2.03. The van der Waals surface area contributed by atoms with Gasteiger partial charge in [-0.05, 0) is 25.1 Å². The molecule has 0 atom stereocenters. The number of carbonyl (C=O) groups is 1. The van der Waals surface area contributed by atoms with Gasteiger partial charge in [0.15, 0.2) is 0 Å². The largest absolute Gasteiger partial charge is 0.463 e. The molecule has 1 aromatic heterocycles. The maximum atomic E-state index is 11.1. The number of hydrogen-bond donors (Lipinski definition) is 0. The number of ether oxygens (including phenoxy) is 1. The van der Waals surface area contributed by atoms with Gasteiger partial charge in [0.2, 0.25) is 0 Å². The molecule has 82 valence electrons. The number of carbonyl (C=O) groups excluding carboxylic acids is 1. The van der Waals surface area contributed by atoms with Crippen LogP contribution in [0.4, 0.5) is 0 Å². The highest BCUT2D eigenvalue weighted by Crippen LogP contribution is 2.19. The summed E-state index contributed by atoms with van der Waals surface area (Å²) in [6.07, 6.45) is 2.97. The molecule has 0 unspecified atom stereocenters. The van der Waals surface area contributed by atoms with Gasteiger partial charge in [-0.15, -0.1) is 0 Å². The van der Waals surface area contributed by atoms with Crippen LogP contribution in [0.25, 0.3) is 17.0 Å². The number of hydrogen-bond acceptors (Lipinski definition) is 3. The van der Waals surface area contributed by atoms with Crippen LogP contribution in [-0.2, 0) is 9.53 Å². The summed E-state index contributed by atoms with van der Waals surface area (Å²) >= 11 is 0. The van der Waals surface area contributed by atoms with Crippen LogP contribution in [0.3, 0.4) is 0 Å². The van der Waals surface area contributed by atoms with Crippen molar-refractivity contribution in [2.24, 2.45) is 0 Å². The minimum absolute atomic E-state index is 0.358. The van der Waals surface area contributed by atoms with E-state index >= 15 is 0 Å². The number of benzene rings is 1. The lowest BCUT2D eigenvalue weighted by Crippen LogP contribution is -1.98. The number of esters is 1. The first-order chi connectivity index (χ1) is 7.79. The summed E-state index contributed by atoms with van der Waals surface area (Å²) in [7, 11) is 0. The Labute approximate surface area is 93.3 Å². The van der Waals surface area contributed by atoms with Gasteiger partial charge in [-0.1, -0.05) is 18.2 Å². The Morgan fingerprint density at radius 2 is 2.25 bits per heavy atom. The van der Waals surface area contributed by atoms with Crippen molar-refractivity contribution < 1.29 is 13.9 Å². The monoisotopic (exact) mass is 216 g/mol. The summed E-state index contributed by atoms with van der Waals surface area (Å²) in [6.45, 7) is 2.15. The fourth-order valence-corrected chi connectivity index (χ4v) is 1.43. The van der Waals surface area contributed by atoms with Crippen LogP contribution in [0.1, 0.15) is 12.7 Å². The van der Waals surface area contributed by atoms with Gasteiger partial charge in [0, 0.05) is 11.5 Å². The zero-order chi connectivity index (χ0) is 11.4. The summed E-state index contributed by atoms with van der Waals surface area (Å²) in [5.41, 5.74) is 0.811. The molecule has 1 heterocycles. The molecular weight excluding hydrogens is 204 g/mol. The summed E-state index contributed by atoms with van der Waals surface area (Å²) in [5.74, 6) is 0.289. The van der Waals surface area contributed by atoms with Crippen molar-refractivity contribution in [2.75, 3.05) is 6.61 Å². The first-order valence-electron chi connectivity index (χ1n) is 5.13. The molecule has 0 saturated heterocycles. The summed E-state index contributed by atoms with van der Waals surface area (Å²) < 4.78 is 10.3. The van der Waals surface area contributed by atoms with E-state index in [1.54, 1.807) is 13.0 Å². The van der Waals surface area contributed by atoms with Gasteiger partial charge in [-0.2, -0.15) is 0 Å². The van der Waals surface area contributed by atoms with Crippen LogP contribution in [-0.4, -0.2) is 12.6 Å². The lowest BCUT2D eigenvalue weighted by Gasteiger charge is -1.92. The Morgan fingerprint density at radius 1 is 1.44 bits per heavy atom. The van der Waals surface area contributed by atoms with Crippen LogP contribution in [0.15, 0.2) is 40.8 Å². The molecule has 0 saturated carbocycles. The molecule has 0 spiro atoms. The van der Waals surface area contributed by atoms with E-state index in [9.17, 15) is 4.79 Å². The van der Waals surface area contributed by atoms with Crippen LogP contribution >= 0.6 is 0 Å². The molecule has 0 aliphatic carbocycles. The van der Waals surface area contributed by atoms with Crippen LogP contribution in [0, 0.1) is 0 Å². The molecule has 0 fully saturated rings. The smallest absolute Gasteiger partial charge is 0.330 e. The average Bonchev–Trinajstić information content (AvgIpc) is 2.69. The van der Waals surface area contributed by atoms with Gasteiger partial charge < -0.3 is 9.15 Å². The van der Waals surface area contributed by atoms with Crippen LogP contribution < -0.4 is 0 Å². The van der Waals surface area contributed by atoms with Gasteiger partial charge >= 0.3 is 5.97 Å². The van der Waals surface area contributed by atoms with Crippen molar-refractivity contribution in [3.8, 4) is 0 Å². The van der Waals surface area contributed by atoms with E-state index in [0.29, 0.717) is 12.4 Å². The first-order valence-corrected chi connectivity index (χ1v) is 5.13. The summed E-state index contributed by atoms with van der Waals surface area (Å²) in [4.78, 5) is 11.1. The highest BCUT2D eigenvalue weighted by Gasteiger charge is 2.00. The second-order valence-corrected chi connectivity index (χ2v) is 3.27. The molecule has 0 aliphatic heterocycles. The maximum Gasteiger partial charge on any atom is 0.330 e. The first kappa shape index (κ1) is 10.5. The molecule has 2 aromatic rings. The number of fused-ring (bicyclic) bond motifs is 1. The maximum absolute atomic E-state index is 11.1. The van der Waals surface area contributed by atoms with Crippen LogP contribution in [0.2, 0.25) is 0 Å². The summed E-state index contributed by atoms with van der Waals surface area (Å²) in [5, 5.41) is 1.02. The normalized spacial score (nSPS) is 11.1. The van der Waals surface area contributed by atoms with E-state index in [1.165, 1.54) is 6.08 Å². The van der Waals surface area contributed by atoms with Crippen LogP contribution in [0.5, 0.6) is 0 Å². The zero-order valence-electron chi connectivity index (χ0n) is 8.97. The molecule has 1 aromatic carbocycles. The Kier molecular flexibility index (Phi) is 3.05. The Bertz CT molecular complexity index is 490. The van der Waals surface area contributed by atoms with Crippen molar-refractivity contribution >= 4 is 23.0 Å². The average molecular weight is 216 g/mol. The van der Waals surface area contributed by atoms with E-state index in [-0.39, 0.29) is 5.97 Å². The highest BCUT2D eigenvalue weighted by atomic mass is 16.5. The lowest BCUT2D eigenvalue weighted by atomic mass is 10.2. The standard InChI is InChI=1S/C13H12O3/c1-2-15-13(14)8-7-11-9-10-5-3-4-6-12(10)16-11/h3-9H,2H2,1H3/b8-7+. The Morgan fingerprint density at radius 3 is 3.00 bits per heavy atom. The van der Waals surface area contributed by atoms with E-state index in [2.05, 4.69) is 0 Å². The lowest BCUT2D eigenvalue weighted by molar-refractivity contribution is -0.137. The fourth-order valence-electron chi connectivity index (χ4n) is 1.43. The van der Waals surface area contributed by atoms with Gasteiger partial charge in [0.05, 0.1) is 6.61 Å². The van der Waals surface area contributed by atoms with E-state index in [1.807, 2.05) is 30.3 Å². The van der Waals surface area contributed by atoms with Crippen molar-refractivity contribution in [3.05, 3.63) is 42.2 Å². The number of furan rings is 1. The van der Waals surface area contributed by atoms with Gasteiger partial charge in [0.1, 0.15) is 11.3 Å². The van der Waals surface area contributed by atoms with Gasteiger partial charge in [-0.25, -0.2) is 4.79 Å². The number of para-hydroxylation sites is 1. The molecule has 3 heteroatoms. The minimum Gasteiger partial charge on any atom is -0.463 e. The molecule has 0 N–H and O–H groups in total. The molecule has 2 rings (SSSR count). The molecule has 0 aliphatic rings. The second-order valence-electron chi connectivity index (χ2n) is 3.27. The van der Waals surface area contributed by atoms with E-state index in [4.69, 9.17) is 9.15 Å². The third-order valence-electron chi connectivity index (χ3n) is 2.11. The molecule has 0 bridgehead atoms. The minimum atomic E-state index is -0.358. The topological polar surface area (TPSA) is 39.4 Å². The van der Waals surface area contributed by atoms with Crippen molar-refractivity contribution in [2.45, 2.75) is 6.92 Å². The predicted molar refractivity (Wildman–Crippen MR) is 61.9 cm³/mol. The molecular formula is C13H12O3. The molecule has 0 radical (unpaired) electrons. The van der Waals surface area contributed by atoms with Crippen molar-refractivity contribution in [1.29, 1.82) is 0 Å². The summed E-state index contributed by atoms with van der Waals surface area (Å²) in [6, 6.07) is 9.57. The van der Waals surface area contributed by atoms with Crippen molar-refractivity contribution in [1.82, 2.24) is 0 Å². The number of rotatable bonds is 3. The van der Waals surface area contributed by atoms with Gasteiger partial charge in [0.25, 0.3) is 0 Å². The quantitative estimate of drug-likeness (QED) is 0.584. The third kappa shape index (κ3) is 2.31. The van der Waals surface area contributed by atoms with E-state index < -0.39 is 0 Å². The second kappa shape index (κ2) is 4.66.